The van der Waals surface area contributed by atoms with Crippen molar-refractivity contribution >= 4 is 15.9 Å². The molecule has 0 spiro atoms. The van der Waals surface area contributed by atoms with Crippen LogP contribution < -0.4 is 10.2 Å². The van der Waals surface area contributed by atoms with Crippen molar-refractivity contribution in [3.05, 3.63) is 29.8 Å². The van der Waals surface area contributed by atoms with Crippen LogP contribution in [-0.2, 0) is 14.8 Å². The summed E-state index contributed by atoms with van der Waals surface area (Å²) in [6.45, 7) is 3.01. The number of carbonyl (C=O) groups excluding carboxylic acids is 1. The fourth-order valence-electron chi connectivity index (χ4n) is 2.67. The van der Waals surface area contributed by atoms with Crippen LogP contribution in [-0.4, -0.2) is 57.9 Å². The highest BCUT2D eigenvalue weighted by atomic mass is 32.2. The lowest BCUT2D eigenvalue weighted by atomic mass is 10.2. The number of nitrogens with one attached hydrogen (secondary N) is 2. The molecular weight excluding hydrogens is 328 g/mol. The highest BCUT2D eigenvalue weighted by molar-refractivity contribution is 7.89. The summed E-state index contributed by atoms with van der Waals surface area (Å²) in [6, 6.07) is 2.13. The predicted molar refractivity (Wildman–Crippen MR) is 79.3 cm³/mol. The van der Waals surface area contributed by atoms with E-state index in [0.29, 0.717) is 19.2 Å². The Hall–Kier alpha value is -1.58. The van der Waals surface area contributed by atoms with Crippen LogP contribution in [0, 0.1) is 11.6 Å². The molecule has 1 aliphatic rings. The van der Waals surface area contributed by atoms with Crippen LogP contribution in [0.2, 0.25) is 0 Å². The second kappa shape index (κ2) is 6.90. The summed E-state index contributed by atoms with van der Waals surface area (Å²) in [5.41, 5.74) is 0. The van der Waals surface area contributed by atoms with Crippen LogP contribution in [0.3, 0.4) is 0 Å². The molecule has 0 saturated carbocycles. The lowest BCUT2D eigenvalue weighted by Crippen LogP contribution is -3.19. The summed E-state index contributed by atoms with van der Waals surface area (Å²) in [5.74, 6) is -2.03. The van der Waals surface area contributed by atoms with E-state index in [0.717, 1.165) is 17.0 Å². The maximum Gasteiger partial charge on any atom is 0.277 e. The number of rotatable bonds is 4. The van der Waals surface area contributed by atoms with Gasteiger partial charge in [-0.3, -0.25) is 4.79 Å². The molecule has 1 aliphatic heterocycles. The molecule has 1 saturated heterocycles. The molecule has 9 heteroatoms. The van der Waals surface area contributed by atoms with Crippen molar-refractivity contribution in [2.45, 2.75) is 17.9 Å². The summed E-state index contributed by atoms with van der Waals surface area (Å²) in [6.07, 6.45) is 0. The van der Waals surface area contributed by atoms with Crippen LogP contribution >= 0.6 is 0 Å². The Morgan fingerprint density at radius 1 is 1.30 bits per heavy atom. The number of likely N-dealkylation sites (N-methyl/N-ethyl adjacent to an activating group) is 1. The van der Waals surface area contributed by atoms with Crippen molar-refractivity contribution in [2.75, 3.05) is 33.2 Å². The number of sulfonamides is 1. The SMILES string of the molecule is CNC(=O)[C@@H](C)[NH+]1CCN(S(=O)(=O)c2ccc(F)cc2F)CC1. The van der Waals surface area contributed by atoms with Gasteiger partial charge >= 0.3 is 0 Å². The molecule has 6 nitrogen and oxygen atoms in total. The molecule has 0 unspecified atom stereocenters. The molecule has 2 rings (SSSR count). The first-order chi connectivity index (χ1) is 10.8. The highest BCUT2D eigenvalue weighted by Gasteiger charge is 2.35. The van der Waals surface area contributed by atoms with Crippen LogP contribution in [0.1, 0.15) is 6.92 Å². The fourth-order valence-corrected chi connectivity index (χ4v) is 4.16. The Labute approximate surface area is 134 Å². The zero-order chi connectivity index (χ0) is 17.2. The second-order valence-corrected chi connectivity index (χ2v) is 7.38. The topological polar surface area (TPSA) is 70.9 Å². The first-order valence-corrected chi connectivity index (χ1v) is 8.72. The van der Waals surface area contributed by atoms with Gasteiger partial charge in [0.15, 0.2) is 6.04 Å². The largest absolute Gasteiger partial charge is 0.354 e. The molecule has 23 heavy (non-hydrogen) atoms. The summed E-state index contributed by atoms with van der Waals surface area (Å²) < 4.78 is 52.8. The Balaban J connectivity index is 2.11. The van der Waals surface area contributed by atoms with Crippen LogP contribution in [0.5, 0.6) is 0 Å². The van der Waals surface area contributed by atoms with Gasteiger partial charge in [0.2, 0.25) is 10.0 Å². The minimum Gasteiger partial charge on any atom is -0.354 e. The van der Waals surface area contributed by atoms with Crippen molar-refractivity contribution in [2.24, 2.45) is 0 Å². The summed E-state index contributed by atoms with van der Waals surface area (Å²) >= 11 is 0. The van der Waals surface area contributed by atoms with Crippen LogP contribution in [0.25, 0.3) is 0 Å². The van der Waals surface area contributed by atoms with Crippen molar-refractivity contribution in [1.29, 1.82) is 0 Å². The van der Waals surface area contributed by atoms with Crippen LogP contribution in [0.15, 0.2) is 23.1 Å². The first-order valence-electron chi connectivity index (χ1n) is 7.28. The van der Waals surface area contributed by atoms with E-state index in [-0.39, 0.29) is 25.0 Å². The number of benzene rings is 1. The number of quaternary nitrogens is 1. The van der Waals surface area contributed by atoms with Crippen molar-refractivity contribution in [3.63, 3.8) is 0 Å². The standard InChI is InChI=1S/C14H19F2N3O3S/c1-10(14(20)17-2)18-5-7-19(8-6-18)23(21,22)13-4-3-11(15)9-12(13)16/h3-4,9-10H,5-8H2,1-2H3,(H,17,20)/p+1/t10-/m1/s1. The Bertz CT molecular complexity index is 689. The zero-order valence-corrected chi connectivity index (χ0v) is 13.8. The molecular formula is C14H20F2N3O3S+. The highest BCUT2D eigenvalue weighted by Crippen LogP contribution is 2.20. The predicted octanol–water partition coefficient (Wildman–Crippen LogP) is -1.01. The van der Waals surface area contributed by atoms with Crippen molar-refractivity contribution in [1.82, 2.24) is 9.62 Å². The number of hydrogen-bond donors (Lipinski definition) is 2. The van der Waals surface area contributed by atoms with Crippen molar-refractivity contribution in [3.8, 4) is 0 Å². The summed E-state index contributed by atoms with van der Waals surface area (Å²) in [4.78, 5) is 12.1. The van der Waals surface area contributed by atoms with E-state index in [1.807, 2.05) is 0 Å². The van der Waals surface area contributed by atoms with Gasteiger partial charge in [0.25, 0.3) is 5.91 Å². The average Bonchev–Trinajstić information content (AvgIpc) is 2.53. The van der Waals surface area contributed by atoms with E-state index in [1.165, 1.54) is 4.31 Å². The van der Waals surface area contributed by atoms with E-state index in [4.69, 9.17) is 0 Å². The quantitative estimate of drug-likeness (QED) is 0.732. The van der Waals surface area contributed by atoms with Gasteiger partial charge in [0.05, 0.1) is 26.2 Å². The number of piperazine rings is 1. The number of amides is 1. The second-order valence-electron chi connectivity index (χ2n) is 5.47. The Morgan fingerprint density at radius 3 is 2.43 bits per heavy atom. The average molecular weight is 348 g/mol. The van der Waals surface area contributed by atoms with Crippen LogP contribution in [0.4, 0.5) is 8.78 Å². The summed E-state index contributed by atoms with van der Waals surface area (Å²) in [7, 11) is -2.45. The van der Waals surface area contributed by atoms with Gasteiger partial charge < -0.3 is 10.2 Å². The lowest BCUT2D eigenvalue weighted by molar-refractivity contribution is -0.917. The van der Waals surface area contributed by atoms with Gasteiger partial charge in [0, 0.05) is 13.1 Å². The van der Waals surface area contributed by atoms with Gasteiger partial charge in [-0.2, -0.15) is 4.31 Å². The summed E-state index contributed by atoms with van der Waals surface area (Å²) in [5, 5.41) is 2.57. The maximum absolute atomic E-state index is 13.8. The molecule has 1 fully saturated rings. The molecule has 1 atom stereocenters. The molecule has 1 aromatic rings. The number of hydrogen-bond acceptors (Lipinski definition) is 3. The third-order valence-corrected chi connectivity index (χ3v) is 6.06. The molecule has 128 valence electrons. The number of halogens is 2. The number of carbonyl (C=O) groups is 1. The molecule has 2 N–H and O–H groups in total. The molecule has 0 bridgehead atoms. The first kappa shape index (κ1) is 17.8. The molecule has 0 radical (unpaired) electrons. The Kier molecular flexibility index (Phi) is 5.33. The smallest absolute Gasteiger partial charge is 0.277 e. The zero-order valence-electron chi connectivity index (χ0n) is 13.0. The van der Waals surface area contributed by atoms with Gasteiger partial charge in [0.1, 0.15) is 16.5 Å². The maximum atomic E-state index is 13.8. The van der Waals surface area contributed by atoms with Gasteiger partial charge in [-0.25, -0.2) is 17.2 Å². The third kappa shape index (κ3) is 3.67. The minimum atomic E-state index is -4.01. The van der Waals surface area contributed by atoms with Crippen molar-refractivity contribution < 1.29 is 26.9 Å². The third-order valence-electron chi connectivity index (χ3n) is 4.13. The Morgan fingerprint density at radius 2 is 1.91 bits per heavy atom. The minimum absolute atomic E-state index is 0.110. The molecule has 0 aliphatic carbocycles. The fraction of sp³-hybridized carbons (Fsp3) is 0.500. The van der Waals surface area contributed by atoms with Gasteiger partial charge in [-0.15, -0.1) is 0 Å². The molecule has 0 aromatic heterocycles. The van der Waals surface area contributed by atoms with E-state index in [1.54, 1.807) is 14.0 Å². The van der Waals surface area contributed by atoms with Gasteiger partial charge in [-0.05, 0) is 19.1 Å². The van der Waals surface area contributed by atoms with E-state index in [9.17, 15) is 22.0 Å². The molecule has 1 aromatic carbocycles. The number of nitrogens with zero attached hydrogens (tertiary/aromatic N) is 1. The normalized spacial score (nSPS) is 18.6. The van der Waals surface area contributed by atoms with E-state index in [2.05, 4.69) is 5.32 Å². The molecule has 1 amide bonds. The monoisotopic (exact) mass is 348 g/mol. The van der Waals surface area contributed by atoms with E-state index >= 15 is 0 Å². The molecule has 1 heterocycles. The lowest BCUT2D eigenvalue weighted by Gasteiger charge is -2.34. The van der Waals surface area contributed by atoms with E-state index < -0.39 is 26.6 Å². The van der Waals surface area contributed by atoms with Gasteiger partial charge in [-0.1, -0.05) is 0 Å².